The largest absolute Gasteiger partial charge is 0.508 e. The highest BCUT2D eigenvalue weighted by atomic mass is 16.4. The summed E-state index contributed by atoms with van der Waals surface area (Å²) in [7, 11) is 0. The summed E-state index contributed by atoms with van der Waals surface area (Å²) in [5, 5.41) is 19.5. The smallest absolute Gasteiger partial charge is 0.303 e. The average Bonchev–Trinajstić information content (AvgIpc) is 3.17. The van der Waals surface area contributed by atoms with Crippen LogP contribution in [0, 0.1) is 11.3 Å². The lowest BCUT2D eigenvalue weighted by Gasteiger charge is -2.33. The molecule has 0 spiro atoms. The van der Waals surface area contributed by atoms with E-state index in [1.807, 2.05) is 12.1 Å². The second-order valence-electron chi connectivity index (χ2n) is 8.94. The fraction of sp³-hybridized carbons (Fsp3) is 0.650. The van der Waals surface area contributed by atoms with E-state index in [9.17, 15) is 15.0 Å². The van der Waals surface area contributed by atoms with Crippen molar-refractivity contribution in [2.75, 3.05) is 0 Å². The van der Waals surface area contributed by atoms with Crippen LogP contribution in [0.2, 0.25) is 0 Å². The first-order valence-corrected chi connectivity index (χ1v) is 8.55. The van der Waals surface area contributed by atoms with Crippen LogP contribution in [0.25, 0.3) is 0 Å². The molecule has 23 heavy (non-hydrogen) atoms. The first-order chi connectivity index (χ1) is 10.5. The molecule has 0 radical (unpaired) electrons. The molecule has 1 aliphatic carbocycles. The normalized spacial score (nSPS) is 17.1. The van der Waals surface area contributed by atoms with E-state index >= 15 is 0 Å². The number of aromatic hydroxyl groups is 1. The molecule has 0 aliphatic heterocycles. The topological polar surface area (TPSA) is 57.5 Å². The van der Waals surface area contributed by atoms with Crippen molar-refractivity contribution in [3.05, 3.63) is 29.3 Å². The third kappa shape index (κ3) is 4.73. The Kier molecular flexibility index (Phi) is 4.79. The van der Waals surface area contributed by atoms with Gasteiger partial charge in [-0.1, -0.05) is 46.8 Å². The zero-order valence-corrected chi connectivity index (χ0v) is 15.0. The summed E-state index contributed by atoms with van der Waals surface area (Å²) in [4.78, 5) is 11.2. The average molecular weight is 318 g/mol. The van der Waals surface area contributed by atoms with Crippen molar-refractivity contribution in [2.45, 2.75) is 71.6 Å². The van der Waals surface area contributed by atoms with Crippen LogP contribution in [0.3, 0.4) is 0 Å². The summed E-state index contributed by atoms with van der Waals surface area (Å²) in [5.41, 5.74) is 2.18. The highest BCUT2D eigenvalue weighted by Crippen LogP contribution is 2.48. The summed E-state index contributed by atoms with van der Waals surface area (Å²) in [5.74, 6) is -0.227. The number of carboxylic acids is 1. The first-order valence-electron chi connectivity index (χ1n) is 8.55. The molecule has 0 aromatic heterocycles. The molecule has 1 atom stereocenters. The van der Waals surface area contributed by atoms with Gasteiger partial charge in [-0.15, -0.1) is 0 Å². The van der Waals surface area contributed by atoms with Gasteiger partial charge in [0.25, 0.3) is 0 Å². The van der Waals surface area contributed by atoms with Gasteiger partial charge < -0.3 is 10.2 Å². The molecule has 3 nitrogen and oxygen atoms in total. The number of phenolic OH excluding ortho intramolecular Hbond substituents is 1. The molecule has 1 aromatic rings. The number of rotatable bonds is 6. The Bertz CT molecular complexity index is 577. The van der Waals surface area contributed by atoms with E-state index in [-0.39, 0.29) is 28.9 Å². The maximum Gasteiger partial charge on any atom is 0.303 e. The van der Waals surface area contributed by atoms with Crippen LogP contribution < -0.4 is 0 Å². The summed E-state index contributed by atoms with van der Waals surface area (Å²) >= 11 is 0. The molecular weight excluding hydrogens is 288 g/mol. The minimum Gasteiger partial charge on any atom is -0.508 e. The maximum absolute atomic E-state index is 11.2. The minimum absolute atomic E-state index is 0.0158. The van der Waals surface area contributed by atoms with E-state index in [4.69, 9.17) is 0 Å². The monoisotopic (exact) mass is 318 g/mol. The predicted molar refractivity (Wildman–Crippen MR) is 92.9 cm³/mol. The fourth-order valence-electron chi connectivity index (χ4n) is 3.92. The number of carbonyl (C=O) groups is 1. The molecule has 0 bridgehead atoms. The molecular formula is C20H30O3. The standard InChI is InChI=1S/C20H30O3/c1-19(2,3)12-20(4,5)14-8-9-17(21)16(10-14)15(11-18(22)23)13-6-7-13/h8-10,13,15,21H,6-7,11-12H2,1-5H3,(H,22,23). The fourth-order valence-corrected chi connectivity index (χ4v) is 3.92. The Morgan fingerprint density at radius 2 is 1.83 bits per heavy atom. The van der Waals surface area contributed by atoms with Crippen LogP contribution in [-0.2, 0) is 10.2 Å². The minimum atomic E-state index is -0.791. The second-order valence-corrected chi connectivity index (χ2v) is 8.94. The van der Waals surface area contributed by atoms with E-state index in [0.717, 1.165) is 24.8 Å². The van der Waals surface area contributed by atoms with Crippen LogP contribution in [-0.4, -0.2) is 16.2 Å². The van der Waals surface area contributed by atoms with Crippen LogP contribution >= 0.6 is 0 Å². The molecule has 1 fully saturated rings. The molecule has 1 aliphatic rings. The summed E-state index contributed by atoms with van der Waals surface area (Å²) in [6, 6.07) is 5.77. The van der Waals surface area contributed by atoms with E-state index < -0.39 is 5.97 Å². The number of phenols is 1. The van der Waals surface area contributed by atoms with E-state index in [0.29, 0.717) is 5.92 Å². The Hall–Kier alpha value is -1.51. The van der Waals surface area contributed by atoms with Crippen LogP contribution in [0.4, 0.5) is 0 Å². The quantitative estimate of drug-likeness (QED) is 0.769. The van der Waals surface area contributed by atoms with Gasteiger partial charge in [-0.25, -0.2) is 0 Å². The summed E-state index contributed by atoms with van der Waals surface area (Å²) in [6.07, 6.45) is 3.25. The van der Waals surface area contributed by atoms with Gasteiger partial charge in [0.1, 0.15) is 5.75 Å². The number of aliphatic carboxylic acids is 1. The lowest BCUT2D eigenvalue weighted by atomic mass is 9.71. The SMILES string of the molecule is CC(C)(C)CC(C)(C)c1ccc(O)c(C(CC(=O)O)C2CC2)c1. The number of carboxylic acid groups (broad SMARTS) is 1. The predicted octanol–water partition coefficient (Wildman–Crippen LogP) is 5.07. The Morgan fingerprint density at radius 3 is 2.30 bits per heavy atom. The van der Waals surface area contributed by atoms with Crippen molar-refractivity contribution in [1.82, 2.24) is 0 Å². The van der Waals surface area contributed by atoms with E-state index in [1.165, 1.54) is 5.56 Å². The van der Waals surface area contributed by atoms with Crippen LogP contribution in [0.5, 0.6) is 5.75 Å². The summed E-state index contributed by atoms with van der Waals surface area (Å²) < 4.78 is 0. The number of hydrogen-bond donors (Lipinski definition) is 2. The maximum atomic E-state index is 11.2. The Balaban J connectivity index is 2.36. The molecule has 2 N–H and O–H groups in total. The van der Waals surface area contributed by atoms with Gasteiger partial charge in [0.05, 0.1) is 6.42 Å². The van der Waals surface area contributed by atoms with Gasteiger partial charge in [-0.3, -0.25) is 4.79 Å². The van der Waals surface area contributed by atoms with Crippen molar-refractivity contribution in [3.8, 4) is 5.75 Å². The zero-order valence-electron chi connectivity index (χ0n) is 15.0. The Morgan fingerprint density at radius 1 is 1.22 bits per heavy atom. The van der Waals surface area contributed by atoms with Crippen molar-refractivity contribution in [1.29, 1.82) is 0 Å². The van der Waals surface area contributed by atoms with Gasteiger partial charge in [0.15, 0.2) is 0 Å². The van der Waals surface area contributed by atoms with Gasteiger partial charge in [-0.05, 0) is 53.2 Å². The van der Waals surface area contributed by atoms with Crippen molar-refractivity contribution in [2.24, 2.45) is 11.3 Å². The molecule has 1 saturated carbocycles. The van der Waals surface area contributed by atoms with Gasteiger partial charge >= 0.3 is 5.97 Å². The van der Waals surface area contributed by atoms with Crippen molar-refractivity contribution >= 4 is 5.97 Å². The molecule has 1 aromatic carbocycles. The molecule has 0 saturated heterocycles. The number of benzene rings is 1. The molecule has 3 heteroatoms. The molecule has 1 unspecified atom stereocenters. The highest BCUT2D eigenvalue weighted by molar-refractivity contribution is 5.68. The first kappa shape index (κ1) is 17.8. The highest BCUT2D eigenvalue weighted by Gasteiger charge is 2.36. The van der Waals surface area contributed by atoms with Crippen LogP contribution in [0.1, 0.15) is 77.3 Å². The Labute approximate surface area is 139 Å². The molecule has 0 heterocycles. The second kappa shape index (κ2) is 6.18. The molecule has 0 amide bonds. The van der Waals surface area contributed by atoms with Crippen molar-refractivity contribution < 1.29 is 15.0 Å². The molecule has 2 rings (SSSR count). The third-order valence-corrected chi connectivity index (χ3v) is 4.77. The van der Waals surface area contributed by atoms with Gasteiger partial charge in [0, 0.05) is 5.92 Å². The molecule has 128 valence electrons. The van der Waals surface area contributed by atoms with Gasteiger partial charge in [-0.2, -0.15) is 0 Å². The zero-order chi connectivity index (χ0) is 17.4. The van der Waals surface area contributed by atoms with Crippen LogP contribution in [0.15, 0.2) is 18.2 Å². The van der Waals surface area contributed by atoms with E-state index in [1.54, 1.807) is 6.07 Å². The van der Waals surface area contributed by atoms with Gasteiger partial charge in [0.2, 0.25) is 0 Å². The lowest BCUT2D eigenvalue weighted by Crippen LogP contribution is -2.25. The number of hydrogen-bond acceptors (Lipinski definition) is 2. The summed E-state index contributed by atoms with van der Waals surface area (Å²) in [6.45, 7) is 11.1. The van der Waals surface area contributed by atoms with E-state index in [2.05, 4.69) is 34.6 Å². The third-order valence-electron chi connectivity index (χ3n) is 4.77. The van der Waals surface area contributed by atoms with Crippen molar-refractivity contribution in [3.63, 3.8) is 0 Å². The lowest BCUT2D eigenvalue weighted by molar-refractivity contribution is -0.137.